The van der Waals surface area contributed by atoms with Gasteiger partial charge in [-0.3, -0.25) is 0 Å². The minimum atomic E-state index is 0.161. The molecule has 0 unspecified atom stereocenters. The molecule has 0 amide bonds. The van der Waals surface area contributed by atoms with Gasteiger partial charge in [0.05, 0.1) is 6.10 Å². The molecule has 0 radical (unpaired) electrons. The maximum absolute atomic E-state index is 5.61. The Labute approximate surface area is 98.0 Å². The second kappa shape index (κ2) is 4.98. The maximum Gasteiger partial charge on any atom is 0.0726 e. The first-order valence-electron chi connectivity index (χ1n) is 6.11. The monoisotopic (exact) mass is 219 g/mol. The summed E-state index contributed by atoms with van der Waals surface area (Å²) < 4.78 is 5.61. The lowest BCUT2D eigenvalue weighted by molar-refractivity contribution is 0.0890. The number of ether oxygens (including phenoxy) is 1. The van der Waals surface area contributed by atoms with E-state index in [2.05, 4.69) is 49.5 Å². The van der Waals surface area contributed by atoms with E-state index in [1.54, 1.807) is 0 Å². The van der Waals surface area contributed by atoms with E-state index < -0.39 is 0 Å². The molecule has 0 bridgehead atoms. The van der Waals surface area contributed by atoms with E-state index in [0.29, 0.717) is 6.10 Å². The van der Waals surface area contributed by atoms with Gasteiger partial charge in [-0.05, 0) is 38.8 Å². The quantitative estimate of drug-likeness (QED) is 0.839. The molecule has 1 aliphatic rings. The highest BCUT2D eigenvalue weighted by atomic mass is 16.5. The summed E-state index contributed by atoms with van der Waals surface area (Å²) in [6.07, 6.45) is 2.52. The normalized spacial score (nSPS) is 29.5. The molecule has 16 heavy (non-hydrogen) atoms. The van der Waals surface area contributed by atoms with Crippen molar-refractivity contribution in [1.82, 2.24) is 5.32 Å². The molecule has 1 aromatic carbocycles. The lowest BCUT2D eigenvalue weighted by Gasteiger charge is -2.29. The van der Waals surface area contributed by atoms with Crippen LogP contribution in [0.2, 0.25) is 0 Å². The Morgan fingerprint density at radius 1 is 1.38 bits per heavy atom. The zero-order valence-electron chi connectivity index (χ0n) is 10.2. The molecular weight excluding hydrogens is 198 g/mol. The molecule has 1 aliphatic heterocycles. The zero-order valence-corrected chi connectivity index (χ0v) is 10.2. The second-order valence-electron chi connectivity index (χ2n) is 4.84. The molecule has 1 heterocycles. The average molecular weight is 219 g/mol. The van der Waals surface area contributed by atoms with Crippen LogP contribution in [-0.2, 0) is 11.2 Å². The van der Waals surface area contributed by atoms with Crippen molar-refractivity contribution >= 4 is 0 Å². The van der Waals surface area contributed by atoms with Gasteiger partial charge in [0.1, 0.15) is 0 Å². The Morgan fingerprint density at radius 3 is 2.75 bits per heavy atom. The van der Waals surface area contributed by atoms with Gasteiger partial charge < -0.3 is 10.1 Å². The van der Waals surface area contributed by atoms with Crippen LogP contribution in [0.25, 0.3) is 0 Å². The van der Waals surface area contributed by atoms with E-state index in [9.17, 15) is 0 Å². The lowest BCUT2D eigenvalue weighted by atomic mass is 9.94. The molecule has 0 spiro atoms. The molecule has 0 aliphatic carbocycles. The van der Waals surface area contributed by atoms with Crippen LogP contribution >= 0.6 is 0 Å². The third-order valence-corrected chi connectivity index (χ3v) is 3.67. The number of hydrogen-bond acceptors (Lipinski definition) is 2. The Hall–Kier alpha value is -0.860. The zero-order chi connectivity index (χ0) is 11.4. The summed E-state index contributed by atoms with van der Waals surface area (Å²) in [7, 11) is 0. The van der Waals surface area contributed by atoms with Gasteiger partial charge in [0, 0.05) is 12.1 Å². The van der Waals surface area contributed by atoms with Crippen molar-refractivity contribution in [3.63, 3.8) is 0 Å². The highest BCUT2D eigenvalue weighted by molar-refractivity contribution is 5.15. The maximum atomic E-state index is 5.61. The Kier molecular flexibility index (Phi) is 3.62. The van der Waals surface area contributed by atoms with Gasteiger partial charge in [0.2, 0.25) is 0 Å². The molecule has 1 N–H and O–H groups in total. The van der Waals surface area contributed by atoms with Crippen LogP contribution in [-0.4, -0.2) is 24.8 Å². The third-order valence-electron chi connectivity index (χ3n) is 3.67. The topological polar surface area (TPSA) is 21.3 Å². The highest BCUT2D eigenvalue weighted by Crippen LogP contribution is 2.24. The molecule has 2 rings (SSSR count). The fourth-order valence-electron chi connectivity index (χ4n) is 2.20. The van der Waals surface area contributed by atoms with Crippen LogP contribution in [0.5, 0.6) is 0 Å². The van der Waals surface area contributed by atoms with Crippen LogP contribution in [0.1, 0.15) is 25.8 Å². The van der Waals surface area contributed by atoms with Crippen LogP contribution in [0.4, 0.5) is 0 Å². The number of benzene rings is 1. The molecule has 88 valence electrons. The summed E-state index contributed by atoms with van der Waals surface area (Å²) in [5, 5.41) is 3.63. The fraction of sp³-hybridized carbons (Fsp3) is 0.571. The van der Waals surface area contributed by atoms with Crippen LogP contribution in [0.15, 0.2) is 30.3 Å². The smallest absolute Gasteiger partial charge is 0.0726 e. The first-order chi connectivity index (χ1) is 7.71. The summed E-state index contributed by atoms with van der Waals surface area (Å²) in [5.41, 5.74) is 1.56. The Morgan fingerprint density at radius 2 is 2.12 bits per heavy atom. The molecule has 2 heteroatoms. The lowest BCUT2D eigenvalue weighted by Crippen LogP contribution is -2.48. The van der Waals surface area contributed by atoms with Gasteiger partial charge >= 0.3 is 0 Å². The van der Waals surface area contributed by atoms with Crippen molar-refractivity contribution in [2.24, 2.45) is 0 Å². The average Bonchev–Trinajstić information content (AvgIpc) is 2.61. The standard InChI is InChI=1S/C14H21NO/c1-12-14(2,9-11-16-12)15-10-8-13-6-4-3-5-7-13/h3-7,12,15H,8-11H2,1-2H3/t12-,14+/m0/s1. The van der Waals surface area contributed by atoms with Crippen molar-refractivity contribution in [2.75, 3.05) is 13.2 Å². The van der Waals surface area contributed by atoms with Crippen molar-refractivity contribution in [3.05, 3.63) is 35.9 Å². The Balaban J connectivity index is 1.80. The molecule has 2 nitrogen and oxygen atoms in total. The molecule has 0 saturated carbocycles. The van der Waals surface area contributed by atoms with Gasteiger partial charge in [0.15, 0.2) is 0 Å². The van der Waals surface area contributed by atoms with E-state index in [0.717, 1.165) is 26.0 Å². The first kappa shape index (κ1) is 11.6. The van der Waals surface area contributed by atoms with E-state index in [-0.39, 0.29) is 5.54 Å². The van der Waals surface area contributed by atoms with Gasteiger partial charge in [-0.1, -0.05) is 30.3 Å². The van der Waals surface area contributed by atoms with Gasteiger partial charge in [-0.2, -0.15) is 0 Å². The molecule has 1 aromatic rings. The predicted molar refractivity (Wildman–Crippen MR) is 66.6 cm³/mol. The summed E-state index contributed by atoms with van der Waals surface area (Å²) in [4.78, 5) is 0. The highest BCUT2D eigenvalue weighted by Gasteiger charge is 2.35. The van der Waals surface area contributed by atoms with E-state index in [1.165, 1.54) is 5.56 Å². The van der Waals surface area contributed by atoms with Crippen molar-refractivity contribution in [3.8, 4) is 0 Å². The second-order valence-corrected chi connectivity index (χ2v) is 4.84. The van der Waals surface area contributed by atoms with Gasteiger partial charge in [0.25, 0.3) is 0 Å². The van der Waals surface area contributed by atoms with E-state index in [4.69, 9.17) is 4.74 Å². The first-order valence-corrected chi connectivity index (χ1v) is 6.11. The van der Waals surface area contributed by atoms with E-state index >= 15 is 0 Å². The molecule has 2 atom stereocenters. The molecular formula is C14H21NO. The van der Waals surface area contributed by atoms with E-state index in [1.807, 2.05) is 0 Å². The predicted octanol–water partition coefficient (Wildman–Crippen LogP) is 2.39. The fourth-order valence-corrected chi connectivity index (χ4v) is 2.20. The number of rotatable bonds is 4. The van der Waals surface area contributed by atoms with Crippen LogP contribution in [0, 0.1) is 0 Å². The van der Waals surface area contributed by atoms with Crippen molar-refractivity contribution in [2.45, 2.75) is 38.3 Å². The SMILES string of the molecule is C[C@@H]1OCC[C@@]1(C)NCCc1ccccc1. The summed E-state index contributed by atoms with van der Waals surface area (Å²) in [5.74, 6) is 0. The van der Waals surface area contributed by atoms with Gasteiger partial charge in [-0.25, -0.2) is 0 Å². The van der Waals surface area contributed by atoms with Crippen LogP contribution in [0.3, 0.4) is 0 Å². The van der Waals surface area contributed by atoms with Crippen molar-refractivity contribution in [1.29, 1.82) is 0 Å². The van der Waals surface area contributed by atoms with Crippen LogP contribution < -0.4 is 5.32 Å². The summed E-state index contributed by atoms with van der Waals surface area (Å²) in [6, 6.07) is 10.6. The largest absolute Gasteiger partial charge is 0.377 e. The minimum absolute atomic E-state index is 0.161. The summed E-state index contributed by atoms with van der Waals surface area (Å²) >= 11 is 0. The Bertz CT molecular complexity index is 325. The third kappa shape index (κ3) is 2.63. The summed E-state index contributed by atoms with van der Waals surface area (Å²) in [6.45, 7) is 6.32. The van der Waals surface area contributed by atoms with Crippen molar-refractivity contribution < 1.29 is 4.74 Å². The number of hydrogen-bond donors (Lipinski definition) is 1. The molecule has 1 fully saturated rings. The molecule has 1 saturated heterocycles. The molecule has 0 aromatic heterocycles. The minimum Gasteiger partial charge on any atom is -0.377 e. The van der Waals surface area contributed by atoms with Gasteiger partial charge in [-0.15, -0.1) is 0 Å². The number of nitrogens with one attached hydrogen (secondary N) is 1.